The number of rotatable bonds is 7. The summed E-state index contributed by atoms with van der Waals surface area (Å²) < 4.78 is 7.79. The number of thioether (sulfide) groups is 1. The number of aromatic nitrogens is 3. The lowest BCUT2D eigenvalue weighted by Gasteiger charge is -2.26. The van der Waals surface area contributed by atoms with E-state index in [1.807, 2.05) is 30.3 Å². The normalized spacial score (nSPS) is 14.6. The Morgan fingerprint density at radius 2 is 1.67 bits per heavy atom. The van der Waals surface area contributed by atoms with Gasteiger partial charge in [0.1, 0.15) is 11.4 Å². The molecule has 1 aliphatic rings. The third kappa shape index (κ3) is 4.81. The third-order valence-electron chi connectivity index (χ3n) is 6.86. The number of hydrogen-bond donors (Lipinski definition) is 0. The molecule has 0 unspecified atom stereocenters. The molecule has 0 bridgehead atoms. The van der Waals surface area contributed by atoms with Crippen LogP contribution in [0.5, 0.6) is 0 Å². The van der Waals surface area contributed by atoms with E-state index in [2.05, 4.69) is 56.1 Å². The lowest BCUT2D eigenvalue weighted by molar-refractivity contribution is 0.213. The Balaban J connectivity index is 1.34. The Hall–Kier alpha value is -3.42. The summed E-state index contributed by atoms with van der Waals surface area (Å²) in [5, 5.41) is 13.3. The van der Waals surface area contributed by atoms with Crippen molar-refractivity contribution in [1.82, 2.24) is 19.7 Å². The molecule has 6 nitrogen and oxygen atoms in total. The van der Waals surface area contributed by atoms with Crippen molar-refractivity contribution in [2.75, 3.05) is 13.1 Å². The molecular formula is C29H28N4O2S. The van der Waals surface area contributed by atoms with E-state index in [1.165, 1.54) is 24.8 Å². The van der Waals surface area contributed by atoms with Crippen LogP contribution in [-0.2, 0) is 18.8 Å². The maximum Gasteiger partial charge on any atom is 0.336 e. The van der Waals surface area contributed by atoms with Crippen LogP contribution in [0.3, 0.4) is 0 Å². The van der Waals surface area contributed by atoms with Gasteiger partial charge in [0.2, 0.25) is 0 Å². The van der Waals surface area contributed by atoms with E-state index in [1.54, 1.807) is 17.8 Å². The van der Waals surface area contributed by atoms with Gasteiger partial charge in [-0.3, -0.25) is 4.90 Å². The van der Waals surface area contributed by atoms with Crippen LogP contribution in [0.1, 0.15) is 36.2 Å². The lowest BCUT2D eigenvalue weighted by atomic mass is 10.0. The minimum atomic E-state index is -0.329. The topological polar surface area (TPSA) is 64.2 Å². The number of fused-ring (bicyclic) bond motifs is 3. The Morgan fingerprint density at radius 1 is 0.861 bits per heavy atom. The van der Waals surface area contributed by atoms with Gasteiger partial charge in [0.05, 0.1) is 13.1 Å². The number of benzene rings is 3. The van der Waals surface area contributed by atoms with E-state index in [9.17, 15) is 4.79 Å². The molecule has 3 heterocycles. The molecule has 7 heteroatoms. The predicted molar refractivity (Wildman–Crippen MR) is 144 cm³/mol. The fourth-order valence-corrected chi connectivity index (χ4v) is 6.00. The van der Waals surface area contributed by atoms with Gasteiger partial charge >= 0.3 is 5.63 Å². The average Bonchev–Trinajstić information content (AvgIpc) is 3.28. The fourth-order valence-electron chi connectivity index (χ4n) is 5.06. The second kappa shape index (κ2) is 10.3. The molecule has 1 saturated heterocycles. The highest BCUT2D eigenvalue weighted by atomic mass is 32.2. The van der Waals surface area contributed by atoms with Gasteiger partial charge in [0, 0.05) is 17.2 Å². The standard InChI is InChI=1S/C29H28N4O2S/c34-27-17-23(28-24-12-6-5-11-22(24)13-14-25(28)35-27)20-36-29-31-30-26(19-32-15-7-2-8-16-32)33(29)18-21-9-3-1-4-10-21/h1,3-6,9-14,17H,2,7-8,15-16,18-20H2. The van der Waals surface area contributed by atoms with Gasteiger partial charge in [0.15, 0.2) is 5.16 Å². The maximum atomic E-state index is 12.4. The Bertz CT molecular complexity index is 1550. The van der Waals surface area contributed by atoms with Gasteiger partial charge in [-0.25, -0.2) is 4.79 Å². The number of hydrogen-bond acceptors (Lipinski definition) is 6. The summed E-state index contributed by atoms with van der Waals surface area (Å²) in [4.78, 5) is 14.8. The quantitative estimate of drug-likeness (QED) is 0.160. The van der Waals surface area contributed by atoms with Crippen molar-refractivity contribution >= 4 is 33.5 Å². The van der Waals surface area contributed by atoms with Crippen molar-refractivity contribution in [2.45, 2.75) is 43.3 Å². The van der Waals surface area contributed by atoms with Crippen LogP contribution >= 0.6 is 11.8 Å². The van der Waals surface area contributed by atoms with Crippen molar-refractivity contribution < 1.29 is 4.42 Å². The monoisotopic (exact) mass is 496 g/mol. The zero-order chi connectivity index (χ0) is 24.3. The summed E-state index contributed by atoms with van der Waals surface area (Å²) in [7, 11) is 0. The minimum absolute atomic E-state index is 0.329. The van der Waals surface area contributed by atoms with Gasteiger partial charge in [0.25, 0.3) is 0 Å². The van der Waals surface area contributed by atoms with Gasteiger partial charge in [-0.15, -0.1) is 10.2 Å². The molecule has 182 valence electrons. The Kier molecular flexibility index (Phi) is 6.57. The van der Waals surface area contributed by atoms with Crippen LogP contribution in [0.15, 0.2) is 87.2 Å². The molecular weight excluding hydrogens is 468 g/mol. The molecule has 1 fully saturated rings. The van der Waals surface area contributed by atoms with Crippen molar-refractivity contribution in [3.63, 3.8) is 0 Å². The molecule has 0 amide bonds. The zero-order valence-corrected chi connectivity index (χ0v) is 20.9. The van der Waals surface area contributed by atoms with E-state index in [-0.39, 0.29) is 5.63 Å². The largest absolute Gasteiger partial charge is 0.423 e. The predicted octanol–water partition coefficient (Wildman–Crippen LogP) is 5.86. The van der Waals surface area contributed by atoms with Crippen LogP contribution in [0.25, 0.3) is 21.7 Å². The SMILES string of the molecule is O=c1cc(CSc2nnc(CN3CCCCC3)n2Cc2ccccc2)c2c(ccc3ccccc32)o1. The van der Waals surface area contributed by atoms with Crippen molar-refractivity contribution in [3.05, 3.63) is 100 Å². The summed E-state index contributed by atoms with van der Waals surface area (Å²) in [5.41, 5.74) is 2.46. The first-order valence-corrected chi connectivity index (χ1v) is 13.5. The van der Waals surface area contributed by atoms with E-state index in [4.69, 9.17) is 4.42 Å². The smallest absolute Gasteiger partial charge is 0.336 e. The van der Waals surface area contributed by atoms with Gasteiger partial charge < -0.3 is 8.98 Å². The molecule has 3 aromatic carbocycles. The highest BCUT2D eigenvalue weighted by Crippen LogP contribution is 2.31. The van der Waals surface area contributed by atoms with Crippen LogP contribution in [0, 0.1) is 0 Å². The van der Waals surface area contributed by atoms with E-state index in [0.29, 0.717) is 11.3 Å². The van der Waals surface area contributed by atoms with Crippen molar-refractivity contribution in [3.8, 4) is 0 Å². The first-order chi connectivity index (χ1) is 17.7. The summed E-state index contributed by atoms with van der Waals surface area (Å²) in [6.07, 6.45) is 3.79. The van der Waals surface area contributed by atoms with E-state index < -0.39 is 0 Å². The summed E-state index contributed by atoms with van der Waals surface area (Å²) in [6, 6.07) is 24.2. The first kappa shape index (κ1) is 23.0. The van der Waals surface area contributed by atoms with E-state index in [0.717, 1.165) is 58.9 Å². The number of piperidine rings is 1. The molecule has 2 aromatic heterocycles. The molecule has 0 saturated carbocycles. The second-order valence-corrected chi connectivity index (χ2v) is 10.3. The van der Waals surface area contributed by atoms with Gasteiger partial charge in [-0.05, 0) is 53.9 Å². The fraction of sp³-hybridized carbons (Fsp3) is 0.276. The molecule has 0 radical (unpaired) electrons. The van der Waals surface area contributed by atoms with Crippen LogP contribution < -0.4 is 5.63 Å². The molecule has 0 atom stereocenters. The molecule has 0 spiro atoms. The molecule has 0 N–H and O–H groups in total. The molecule has 36 heavy (non-hydrogen) atoms. The number of nitrogens with zero attached hydrogens (tertiary/aromatic N) is 4. The van der Waals surface area contributed by atoms with E-state index >= 15 is 0 Å². The molecule has 5 aromatic rings. The van der Waals surface area contributed by atoms with Crippen molar-refractivity contribution in [2.24, 2.45) is 0 Å². The molecule has 1 aliphatic heterocycles. The zero-order valence-electron chi connectivity index (χ0n) is 20.1. The van der Waals surface area contributed by atoms with Gasteiger partial charge in [-0.1, -0.05) is 78.8 Å². The minimum Gasteiger partial charge on any atom is -0.423 e. The number of likely N-dealkylation sites (tertiary alicyclic amines) is 1. The Labute approximate surface area is 213 Å². The summed E-state index contributed by atoms with van der Waals surface area (Å²) in [6.45, 7) is 3.75. The second-order valence-electron chi connectivity index (χ2n) is 9.35. The third-order valence-corrected chi connectivity index (χ3v) is 7.88. The van der Waals surface area contributed by atoms with Crippen LogP contribution in [0.4, 0.5) is 0 Å². The van der Waals surface area contributed by atoms with Crippen LogP contribution in [-0.4, -0.2) is 32.8 Å². The summed E-state index contributed by atoms with van der Waals surface area (Å²) in [5.74, 6) is 1.60. The first-order valence-electron chi connectivity index (χ1n) is 12.5. The maximum absolute atomic E-state index is 12.4. The van der Waals surface area contributed by atoms with Gasteiger partial charge in [-0.2, -0.15) is 0 Å². The van der Waals surface area contributed by atoms with Crippen molar-refractivity contribution in [1.29, 1.82) is 0 Å². The molecule has 0 aliphatic carbocycles. The lowest BCUT2D eigenvalue weighted by Crippen LogP contribution is -2.30. The average molecular weight is 497 g/mol. The highest BCUT2D eigenvalue weighted by molar-refractivity contribution is 7.98. The summed E-state index contributed by atoms with van der Waals surface area (Å²) >= 11 is 1.62. The van der Waals surface area contributed by atoms with Crippen LogP contribution in [0.2, 0.25) is 0 Å². The Morgan fingerprint density at radius 3 is 2.53 bits per heavy atom. The highest BCUT2D eigenvalue weighted by Gasteiger charge is 2.19. The molecule has 6 rings (SSSR count).